The maximum Gasteiger partial charge on any atom is 0.229 e. The molecule has 4 aromatic rings. The predicted octanol–water partition coefficient (Wildman–Crippen LogP) is 4.89. The number of amides is 1. The summed E-state index contributed by atoms with van der Waals surface area (Å²) in [5.41, 5.74) is 4.22. The van der Waals surface area contributed by atoms with Gasteiger partial charge in [-0.25, -0.2) is 14.5 Å². The highest BCUT2D eigenvalue weighted by Crippen LogP contribution is 2.27. The molecule has 0 radical (unpaired) electrons. The minimum atomic E-state index is -0.567. The fourth-order valence-corrected chi connectivity index (χ4v) is 2.97. The van der Waals surface area contributed by atoms with Gasteiger partial charge in [0.05, 0.1) is 23.1 Å². The number of imidazole rings is 1. The number of carbonyl (C=O) groups is 1. The Kier molecular flexibility index (Phi) is 4.81. The minimum absolute atomic E-state index is 0.0532. The number of carbonyl (C=O) groups excluding carboxylic acids is 1. The van der Waals surface area contributed by atoms with Crippen LogP contribution in [0.5, 0.6) is 0 Å². The summed E-state index contributed by atoms with van der Waals surface area (Å²) in [7, 11) is 0. The zero-order chi connectivity index (χ0) is 21.5. The minimum Gasteiger partial charge on any atom is -0.325 e. The first kappa shape index (κ1) is 19.7. The van der Waals surface area contributed by atoms with Crippen molar-refractivity contribution in [3.8, 4) is 22.5 Å². The molecule has 1 aromatic carbocycles. The van der Waals surface area contributed by atoms with Crippen LogP contribution in [0.15, 0.2) is 54.9 Å². The second-order valence-electron chi connectivity index (χ2n) is 8.22. The number of nitrogens with one attached hydrogen (secondary N) is 1. The number of benzene rings is 1. The van der Waals surface area contributed by atoms with Gasteiger partial charge in [0.2, 0.25) is 11.9 Å². The quantitative estimate of drug-likeness (QED) is 0.494. The van der Waals surface area contributed by atoms with Crippen molar-refractivity contribution < 1.29 is 9.18 Å². The molecule has 0 aliphatic heterocycles. The van der Waals surface area contributed by atoms with Crippen molar-refractivity contribution in [3.05, 3.63) is 66.4 Å². The molecular formula is C23H22FN5O. The Labute approximate surface area is 173 Å². The van der Waals surface area contributed by atoms with Crippen LogP contribution in [-0.2, 0) is 4.79 Å². The molecule has 0 atom stereocenters. The molecule has 1 N–H and O–H groups in total. The molecule has 6 nitrogen and oxygen atoms in total. The molecule has 4 rings (SSSR count). The average Bonchev–Trinajstić information content (AvgIpc) is 3.12. The van der Waals surface area contributed by atoms with E-state index >= 15 is 0 Å². The third kappa shape index (κ3) is 3.78. The van der Waals surface area contributed by atoms with E-state index in [1.807, 2.05) is 45.9 Å². The largest absolute Gasteiger partial charge is 0.325 e. The number of rotatable bonds is 3. The Bertz CT molecular complexity index is 1260. The summed E-state index contributed by atoms with van der Waals surface area (Å²) in [6.45, 7) is 7.57. The number of aryl methyl sites for hydroxylation is 1. The SMILES string of the molecule is Cc1ccc(-c2cn3nc(-c4cccnc4F)ccc3n2)cc1NC(=O)C(C)(C)C. The van der Waals surface area contributed by atoms with Crippen molar-refractivity contribution in [1.82, 2.24) is 19.6 Å². The van der Waals surface area contributed by atoms with Crippen molar-refractivity contribution in [2.24, 2.45) is 5.41 Å². The van der Waals surface area contributed by atoms with Gasteiger partial charge in [-0.15, -0.1) is 0 Å². The van der Waals surface area contributed by atoms with Gasteiger partial charge in [-0.2, -0.15) is 9.49 Å². The molecule has 0 saturated heterocycles. The van der Waals surface area contributed by atoms with E-state index in [9.17, 15) is 9.18 Å². The molecule has 0 aliphatic rings. The maximum absolute atomic E-state index is 14.0. The van der Waals surface area contributed by atoms with E-state index < -0.39 is 11.4 Å². The van der Waals surface area contributed by atoms with Crippen LogP contribution in [0, 0.1) is 18.3 Å². The second-order valence-corrected chi connectivity index (χ2v) is 8.22. The van der Waals surface area contributed by atoms with Crippen LogP contribution in [0.1, 0.15) is 26.3 Å². The molecule has 0 saturated carbocycles. The molecule has 152 valence electrons. The van der Waals surface area contributed by atoms with Crippen LogP contribution in [-0.4, -0.2) is 25.5 Å². The smallest absolute Gasteiger partial charge is 0.229 e. The summed E-state index contributed by atoms with van der Waals surface area (Å²) < 4.78 is 15.6. The van der Waals surface area contributed by atoms with Gasteiger partial charge in [-0.3, -0.25) is 4.79 Å². The second kappa shape index (κ2) is 7.33. The maximum atomic E-state index is 14.0. The molecule has 30 heavy (non-hydrogen) atoms. The molecule has 7 heteroatoms. The summed E-state index contributed by atoms with van der Waals surface area (Å²) in [6, 6.07) is 12.6. The summed E-state index contributed by atoms with van der Waals surface area (Å²) >= 11 is 0. The van der Waals surface area contributed by atoms with Crippen LogP contribution in [0.25, 0.3) is 28.2 Å². The summed E-state index contributed by atoms with van der Waals surface area (Å²) in [5.74, 6) is -0.620. The first-order valence-electron chi connectivity index (χ1n) is 9.62. The lowest BCUT2D eigenvalue weighted by Crippen LogP contribution is -2.27. The number of fused-ring (bicyclic) bond motifs is 1. The van der Waals surface area contributed by atoms with Crippen LogP contribution >= 0.6 is 0 Å². The Morgan fingerprint density at radius 1 is 1.10 bits per heavy atom. The summed E-state index contributed by atoms with van der Waals surface area (Å²) in [5, 5.41) is 7.47. The highest BCUT2D eigenvalue weighted by atomic mass is 19.1. The molecule has 3 heterocycles. The molecule has 0 fully saturated rings. The Hall–Kier alpha value is -3.61. The van der Waals surface area contributed by atoms with Gasteiger partial charge >= 0.3 is 0 Å². The zero-order valence-corrected chi connectivity index (χ0v) is 17.3. The van der Waals surface area contributed by atoms with E-state index in [0.29, 0.717) is 22.6 Å². The van der Waals surface area contributed by atoms with Gasteiger partial charge in [0.15, 0.2) is 5.65 Å². The molecule has 0 aliphatic carbocycles. The first-order valence-corrected chi connectivity index (χ1v) is 9.62. The first-order chi connectivity index (χ1) is 14.2. The molecule has 0 unspecified atom stereocenters. The van der Waals surface area contributed by atoms with Crippen LogP contribution in [0.3, 0.4) is 0 Å². The van der Waals surface area contributed by atoms with E-state index in [2.05, 4.69) is 20.4 Å². The lowest BCUT2D eigenvalue weighted by atomic mass is 9.95. The number of nitrogens with zero attached hydrogens (tertiary/aromatic N) is 4. The Morgan fingerprint density at radius 2 is 1.90 bits per heavy atom. The van der Waals surface area contributed by atoms with Crippen molar-refractivity contribution >= 4 is 17.2 Å². The molecule has 1 amide bonds. The fraction of sp³-hybridized carbons (Fsp3) is 0.217. The number of pyridine rings is 1. The highest BCUT2D eigenvalue weighted by Gasteiger charge is 2.22. The normalized spacial score (nSPS) is 11.6. The number of aromatic nitrogens is 4. The van der Waals surface area contributed by atoms with E-state index in [1.165, 1.54) is 6.20 Å². The van der Waals surface area contributed by atoms with Gasteiger partial charge in [-0.05, 0) is 42.8 Å². The van der Waals surface area contributed by atoms with Crippen LogP contribution in [0.4, 0.5) is 10.1 Å². The monoisotopic (exact) mass is 403 g/mol. The predicted molar refractivity (Wildman–Crippen MR) is 114 cm³/mol. The van der Waals surface area contributed by atoms with Crippen molar-refractivity contribution in [3.63, 3.8) is 0 Å². The van der Waals surface area contributed by atoms with E-state index in [4.69, 9.17) is 0 Å². The number of hydrogen-bond donors (Lipinski definition) is 1. The van der Waals surface area contributed by atoms with Gasteiger partial charge in [-0.1, -0.05) is 32.9 Å². The summed E-state index contributed by atoms with van der Waals surface area (Å²) in [6.07, 6.45) is 3.19. The Morgan fingerprint density at radius 3 is 2.63 bits per heavy atom. The third-order valence-corrected chi connectivity index (χ3v) is 4.82. The molecule has 0 spiro atoms. The van der Waals surface area contributed by atoms with Gasteiger partial charge < -0.3 is 5.32 Å². The fourth-order valence-electron chi connectivity index (χ4n) is 2.97. The highest BCUT2D eigenvalue weighted by molar-refractivity contribution is 5.95. The third-order valence-electron chi connectivity index (χ3n) is 4.82. The topological polar surface area (TPSA) is 72.2 Å². The zero-order valence-electron chi connectivity index (χ0n) is 17.3. The lowest BCUT2D eigenvalue weighted by Gasteiger charge is -2.19. The molecule has 3 aromatic heterocycles. The average molecular weight is 403 g/mol. The van der Waals surface area contributed by atoms with Gasteiger partial charge in [0, 0.05) is 22.9 Å². The Balaban J connectivity index is 1.71. The van der Waals surface area contributed by atoms with Gasteiger partial charge in [0.25, 0.3) is 0 Å². The summed E-state index contributed by atoms with van der Waals surface area (Å²) in [4.78, 5) is 20.7. The van der Waals surface area contributed by atoms with Crippen molar-refractivity contribution in [2.75, 3.05) is 5.32 Å². The van der Waals surface area contributed by atoms with Crippen LogP contribution in [0.2, 0.25) is 0 Å². The number of hydrogen-bond acceptors (Lipinski definition) is 4. The van der Waals surface area contributed by atoms with E-state index in [-0.39, 0.29) is 5.91 Å². The lowest BCUT2D eigenvalue weighted by molar-refractivity contribution is -0.123. The van der Waals surface area contributed by atoms with E-state index in [1.54, 1.807) is 35.0 Å². The van der Waals surface area contributed by atoms with E-state index in [0.717, 1.165) is 16.8 Å². The van der Waals surface area contributed by atoms with Crippen molar-refractivity contribution in [1.29, 1.82) is 0 Å². The van der Waals surface area contributed by atoms with Crippen molar-refractivity contribution in [2.45, 2.75) is 27.7 Å². The number of halogens is 1. The molecular weight excluding hydrogens is 381 g/mol. The molecule has 0 bridgehead atoms. The van der Waals surface area contributed by atoms with Gasteiger partial charge in [0.1, 0.15) is 0 Å². The standard InChI is InChI=1S/C23H22FN5O/c1-14-7-8-15(12-18(14)27-22(30)23(2,3)4)19-13-29-20(26-19)10-9-17(28-29)16-6-5-11-25-21(16)24/h5-13H,1-4H3,(H,27,30). The number of anilines is 1. The van der Waals surface area contributed by atoms with Crippen LogP contribution < -0.4 is 5.32 Å².